The fraction of sp³-hybridized carbons (Fsp3) is 0.167. The number of nitrogens with one attached hydrogen (secondary N) is 2. The van der Waals surface area contributed by atoms with Crippen LogP contribution in [0.2, 0.25) is 5.02 Å². The van der Waals surface area contributed by atoms with Crippen molar-refractivity contribution in [3.63, 3.8) is 0 Å². The van der Waals surface area contributed by atoms with Crippen molar-refractivity contribution in [1.82, 2.24) is 5.43 Å². The number of rotatable bonds is 8. The number of nitro groups is 1. The highest BCUT2D eigenvalue weighted by Crippen LogP contribution is 2.29. The molecular weight excluding hydrogens is 404 g/mol. The lowest BCUT2D eigenvalue weighted by Gasteiger charge is -2.10. The van der Waals surface area contributed by atoms with Gasteiger partial charge in [0, 0.05) is 29.6 Å². The lowest BCUT2D eigenvalue weighted by molar-refractivity contribution is -0.398. The molecule has 2 aromatic carbocycles. The van der Waals surface area contributed by atoms with E-state index in [4.69, 9.17) is 16.3 Å². The summed E-state index contributed by atoms with van der Waals surface area (Å²) in [6.07, 6.45) is 0.707. The molecule has 2 rings (SSSR count). The number of nitrogens with zero attached hydrogens (tertiary/aromatic N) is 2. The molecule has 11 heteroatoms. The Kier molecular flexibility index (Phi) is 7.49. The average Bonchev–Trinajstić information content (AvgIpc) is 2.69. The Hall–Kier alpha value is -3.66. The molecular formula is C18H16ClN4O6-. The maximum absolute atomic E-state index is 11.9. The average molecular weight is 420 g/mol. The van der Waals surface area contributed by atoms with E-state index in [9.17, 15) is 24.8 Å². The summed E-state index contributed by atoms with van der Waals surface area (Å²) in [5.74, 6) is -1.18. The quantitative estimate of drug-likeness (QED) is 0.381. The first-order valence-corrected chi connectivity index (χ1v) is 8.58. The number of amides is 2. The number of carbonyl (C=O) groups is 2. The summed E-state index contributed by atoms with van der Waals surface area (Å²) in [5, 5.41) is 28.9. The summed E-state index contributed by atoms with van der Waals surface area (Å²) in [6.45, 7) is 0. The van der Waals surface area contributed by atoms with Crippen molar-refractivity contribution in [1.29, 1.82) is 0 Å². The summed E-state index contributed by atoms with van der Waals surface area (Å²) >= 11 is 5.73. The van der Waals surface area contributed by atoms with Crippen LogP contribution in [0.3, 0.4) is 0 Å². The number of benzene rings is 2. The van der Waals surface area contributed by atoms with Crippen molar-refractivity contribution in [3.05, 3.63) is 57.1 Å². The van der Waals surface area contributed by atoms with Crippen LogP contribution in [0.1, 0.15) is 18.4 Å². The molecule has 0 aromatic heterocycles. The highest BCUT2D eigenvalue weighted by atomic mass is 35.5. The Morgan fingerprint density at radius 1 is 1.21 bits per heavy atom. The van der Waals surface area contributed by atoms with Crippen LogP contribution in [-0.2, 0) is 9.59 Å². The van der Waals surface area contributed by atoms with Crippen molar-refractivity contribution < 1.29 is 24.4 Å². The number of hydrazone groups is 1. The summed E-state index contributed by atoms with van der Waals surface area (Å²) in [5.41, 5.74) is 1.85. The van der Waals surface area contributed by atoms with E-state index in [0.717, 1.165) is 12.3 Å². The van der Waals surface area contributed by atoms with Gasteiger partial charge in [0.15, 0.2) is 0 Å². The van der Waals surface area contributed by atoms with E-state index in [2.05, 4.69) is 15.8 Å². The summed E-state index contributed by atoms with van der Waals surface area (Å²) in [4.78, 5) is 33.6. The Balaban J connectivity index is 1.85. The van der Waals surface area contributed by atoms with E-state index < -0.39 is 22.3 Å². The van der Waals surface area contributed by atoms with Gasteiger partial charge < -0.3 is 15.2 Å². The number of carbonyl (C=O) groups excluding carboxylic acids is 2. The predicted molar refractivity (Wildman–Crippen MR) is 104 cm³/mol. The smallest absolute Gasteiger partial charge is 0.263 e. The lowest BCUT2D eigenvalue weighted by atomic mass is 10.2. The Morgan fingerprint density at radius 2 is 1.86 bits per heavy atom. The molecule has 0 saturated heterocycles. The fourth-order valence-electron chi connectivity index (χ4n) is 2.19. The number of hydrogen-bond donors (Lipinski definition) is 2. The number of anilines is 1. The zero-order valence-electron chi connectivity index (χ0n) is 15.2. The van der Waals surface area contributed by atoms with Crippen LogP contribution >= 0.6 is 11.6 Å². The predicted octanol–water partition coefficient (Wildman–Crippen LogP) is 2.20. The first-order valence-electron chi connectivity index (χ1n) is 8.21. The van der Waals surface area contributed by atoms with Gasteiger partial charge in [0.1, 0.15) is 5.75 Å². The van der Waals surface area contributed by atoms with Gasteiger partial charge in [-0.2, -0.15) is 5.10 Å². The molecule has 10 nitrogen and oxygen atoms in total. The van der Waals surface area contributed by atoms with E-state index in [1.165, 1.54) is 13.2 Å². The summed E-state index contributed by atoms with van der Waals surface area (Å²) in [6, 6.07) is 8.80. The van der Waals surface area contributed by atoms with Gasteiger partial charge >= 0.3 is 0 Å². The number of halogens is 1. The minimum atomic E-state index is -0.878. The lowest BCUT2D eigenvalue weighted by Crippen LogP contribution is -2.20. The van der Waals surface area contributed by atoms with Gasteiger partial charge in [-0.05, 0) is 41.6 Å². The van der Waals surface area contributed by atoms with Crippen molar-refractivity contribution >= 4 is 41.0 Å². The van der Waals surface area contributed by atoms with E-state index in [1.54, 1.807) is 24.3 Å². The van der Waals surface area contributed by atoms with Crippen molar-refractivity contribution in [2.45, 2.75) is 12.8 Å². The second kappa shape index (κ2) is 10.0. The van der Waals surface area contributed by atoms with Crippen LogP contribution in [0.15, 0.2) is 41.5 Å². The third kappa shape index (κ3) is 6.47. The normalized spacial score (nSPS) is 10.6. The van der Waals surface area contributed by atoms with Gasteiger partial charge in [0.2, 0.25) is 11.8 Å². The molecule has 2 aromatic rings. The SMILES string of the molecule is COc1ccc(NC(=O)CCC(=O)N/N=C\c2cc(Cl)cc([N+](=O)[O-])c2[O-])cc1. The first kappa shape index (κ1) is 21.6. The molecule has 152 valence electrons. The van der Waals surface area contributed by atoms with E-state index >= 15 is 0 Å². The molecule has 0 heterocycles. The third-order valence-corrected chi connectivity index (χ3v) is 3.82. The number of nitro benzene ring substituents is 1. The van der Waals surface area contributed by atoms with Crippen molar-refractivity contribution in [2.75, 3.05) is 12.4 Å². The Bertz CT molecular complexity index is 946. The van der Waals surface area contributed by atoms with Crippen LogP contribution in [0.5, 0.6) is 11.5 Å². The Labute approximate surface area is 170 Å². The molecule has 2 amide bonds. The molecule has 0 aliphatic rings. The molecule has 0 aliphatic heterocycles. The largest absolute Gasteiger partial charge is 0.867 e. The summed E-state index contributed by atoms with van der Waals surface area (Å²) < 4.78 is 5.02. The highest BCUT2D eigenvalue weighted by molar-refractivity contribution is 6.31. The molecule has 0 spiro atoms. The minimum Gasteiger partial charge on any atom is -0.867 e. The second-order valence-corrected chi connectivity index (χ2v) is 6.11. The van der Waals surface area contributed by atoms with Crippen LogP contribution < -0.4 is 20.6 Å². The molecule has 0 radical (unpaired) electrons. The molecule has 0 unspecified atom stereocenters. The van der Waals surface area contributed by atoms with Gasteiger partial charge in [-0.1, -0.05) is 11.6 Å². The van der Waals surface area contributed by atoms with Crippen LogP contribution in [0.25, 0.3) is 0 Å². The van der Waals surface area contributed by atoms with Gasteiger partial charge in [0.05, 0.1) is 18.2 Å². The highest BCUT2D eigenvalue weighted by Gasteiger charge is 2.11. The number of ether oxygens (including phenoxy) is 1. The van der Waals surface area contributed by atoms with Crippen LogP contribution in [-0.4, -0.2) is 30.1 Å². The Morgan fingerprint density at radius 3 is 2.48 bits per heavy atom. The number of methoxy groups -OCH3 is 1. The molecule has 0 fully saturated rings. The topological polar surface area (TPSA) is 146 Å². The minimum absolute atomic E-state index is 0.0146. The molecule has 2 N–H and O–H groups in total. The fourth-order valence-corrected chi connectivity index (χ4v) is 2.41. The van der Waals surface area contributed by atoms with Crippen LogP contribution in [0.4, 0.5) is 11.4 Å². The van der Waals surface area contributed by atoms with Gasteiger partial charge in [-0.3, -0.25) is 19.7 Å². The van der Waals surface area contributed by atoms with E-state index in [1.807, 2.05) is 0 Å². The first-order chi connectivity index (χ1) is 13.8. The zero-order chi connectivity index (χ0) is 21.4. The van der Waals surface area contributed by atoms with Crippen molar-refractivity contribution in [2.24, 2.45) is 5.10 Å². The zero-order valence-corrected chi connectivity index (χ0v) is 15.9. The van der Waals surface area contributed by atoms with E-state index in [-0.39, 0.29) is 29.3 Å². The van der Waals surface area contributed by atoms with E-state index in [0.29, 0.717) is 11.4 Å². The molecule has 29 heavy (non-hydrogen) atoms. The maximum Gasteiger partial charge on any atom is 0.263 e. The molecule has 0 bridgehead atoms. The van der Waals surface area contributed by atoms with Gasteiger partial charge in [-0.15, -0.1) is 0 Å². The molecule has 0 atom stereocenters. The maximum atomic E-state index is 11.9. The van der Waals surface area contributed by atoms with Crippen LogP contribution in [0, 0.1) is 10.1 Å². The van der Waals surface area contributed by atoms with Gasteiger partial charge in [0.25, 0.3) is 5.69 Å². The summed E-state index contributed by atoms with van der Waals surface area (Å²) in [7, 11) is 1.53. The standard InChI is InChI=1S/C18H17ClN4O6/c1-29-14-4-2-13(3-5-14)21-16(24)6-7-17(25)22-20-10-11-8-12(19)9-15(18(11)26)23(27)28/h2-5,8-10,26H,6-7H2,1H3,(H,21,24)(H,22,25)/p-1/b20-10-. The molecule has 0 saturated carbocycles. The second-order valence-electron chi connectivity index (χ2n) is 5.67. The number of hydrogen-bond acceptors (Lipinski definition) is 7. The van der Waals surface area contributed by atoms with Gasteiger partial charge in [-0.25, -0.2) is 5.43 Å². The van der Waals surface area contributed by atoms with Crippen molar-refractivity contribution in [3.8, 4) is 11.5 Å². The monoisotopic (exact) mass is 419 g/mol. The molecule has 0 aliphatic carbocycles. The third-order valence-electron chi connectivity index (χ3n) is 3.61.